The van der Waals surface area contributed by atoms with Crippen molar-refractivity contribution in [2.75, 3.05) is 20.8 Å². The minimum Gasteiger partial charge on any atom is -0.497 e. The van der Waals surface area contributed by atoms with Gasteiger partial charge >= 0.3 is 0 Å². The number of aryl methyl sites for hydroxylation is 2. The molecular formula is C19H24N2O4. The minimum atomic E-state index is -0.00183. The molecule has 2 aromatic rings. The number of methoxy groups -OCH3 is 2. The van der Waals surface area contributed by atoms with E-state index in [4.69, 9.17) is 14.0 Å². The van der Waals surface area contributed by atoms with Crippen LogP contribution < -0.4 is 9.47 Å². The van der Waals surface area contributed by atoms with Gasteiger partial charge < -0.3 is 18.9 Å². The standard InChI is InChI=1S/C19H24N2O4/c1-12-15(13(2)25-20-12)11-19(22)21-9-5-6-17(21)16-10-14(23-3)7-8-18(16)24-4/h7-8,10,17H,5-6,9,11H2,1-4H3/t17-/m1/s1. The maximum Gasteiger partial charge on any atom is 0.227 e. The summed E-state index contributed by atoms with van der Waals surface area (Å²) in [4.78, 5) is 14.9. The van der Waals surface area contributed by atoms with E-state index in [1.165, 1.54) is 0 Å². The number of likely N-dealkylation sites (tertiary alicyclic amines) is 1. The Bertz CT molecular complexity index is 749. The third-order valence-corrected chi connectivity index (χ3v) is 4.88. The number of amides is 1. The smallest absolute Gasteiger partial charge is 0.227 e. The van der Waals surface area contributed by atoms with Crippen LogP contribution in [-0.2, 0) is 11.2 Å². The Kier molecular flexibility index (Phi) is 4.97. The zero-order chi connectivity index (χ0) is 18.0. The summed E-state index contributed by atoms with van der Waals surface area (Å²) in [5, 5.41) is 3.94. The first-order valence-corrected chi connectivity index (χ1v) is 8.48. The van der Waals surface area contributed by atoms with Gasteiger partial charge in [0.25, 0.3) is 0 Å². The Morgan fingerprint density at radius 1 is 1.32 bits per heavy atom. The highest BCUT2D eigenvalue weighted by Crippen LogP contribution is 2.39. The molecule has 1 aromatic heterocycles. The number of ether oxygens (including phenoxy) is 2. The van der Waals surface area contributed by atoms with E-state index in [9.17, 15) is 4.79 Å². The zero-order valence-electron chi connectivity index (χ0n) is 15.2. The summed E-state index contributed by atoms with van der Waals surface area (Å²) in [7, 11) is 3.29. The molecule has 0 N–H and O–H groups in total. The molecular weight excluding hydrogens is 320 g/mol. The maximum absolute atomic E-state index is 12.9. The largest absolute Gasteiger partial charge is 0.497 e. The van der Waals surface area contributed by atoms with E-state index in [-0.39, 0.29) is 11.9 Å². The number of hydrogen-bond donors (Lipinski definition) is 0. The number of aromatic nitrogens is 1. The van der Waals surface area contributed by atoms with Crippen molar-refractivity contribution < 1.29 is 18.8 Å². The summed E-state index contributed by atoms with van der Waals surface area (Å²) in [6, 6.07) is 5.72. The molecule has 1 aliphatic heterocycles. The molecule has 1 saturated heterocycles. The molecule has 1 amide bonds. The van der Waals surface area contributed by atoms with Gasteiger partial charge in [-0.3, -0.25) is 4.79 Å². The highest BCUT2D eigenvalue weighted by Gasteiger charge is 2.32. The Labute approximate surface area is 147 Å². The zero-order valence-corrected chi connectivity index (χ0v) is 15.2. The third kappa shape index (κ3) is 3.34. The average Bonchev–Trinajstić information content (AvgIpc) is 3.23. The van der Waals surface area contributed by atoms with Gasteiger partial charge in [0.05, 0.1) is 32.4 Å². The number of hydrogen-bond acceptors (Lipinski definition) is 5. The quantitative estimate of drug-likeness (QED) is 0.833. The lowest BCUT2D eigenvalue weighted by Gasteiger charge is -2.26. The maximum atomic E-state index is 12.9. The number of benzene rings is 1. The van der Waals surface area contributed by atoms with Gasteiger partial charge in [-0.2, -0.15) is 0 Å². The van der Waals surface area contributed by atoms with Crippen molar-refractivity contribution in [3.8, 4) is 11.5 Å². The van der Waals surface area contributed by atoms with Gasteiger partial charge in [-0.1, -0.05) is 5.16 Å². The Morgan fingerprint density at radius 2 is 2.12 bits per heavy atom. The summed E-state index contributed by atoms with van der Waals surface area (Å²) in [5.74, 6) is 2.34. The molecule has 1 aliphatic rings. The van der Waals surface area contributed by atoms with Crippen LogP contribution >= 0.6 is 0 Å². The highest BCUT2D eigenvalue weighted by molar-refractivity contribution is 5.80. The fourth-order valence-corrected chi connectivity index (χ4v) is 3.50. The van der Waals surface area contributed by atoms with Crippen LogP contribution in [0.4, 0.5) is 0 Å². The summed E-state index contributed by atoms with van der Waals surface area (Å²) < 4.78 is 16.0. The molecule has 0 unspecified atom stereocenters. The lowest BCUT2D eigenvalue weighted by molar-refractivity contribution is -0.131. The van der Waals surface area contributed by atoms with Crippen LogP contribution in [0.15, 0.2) is 22.7 Å². The minimum absolute atomic E-state index is 0.00183. The van der Waals surface area contributed by atoms with E-state index in [0.717, 1.165) is 47.7 Å². The summed E-state index contributed by atoms with van der Waals surface area (Å²) in [6.07, 6.45) is 2.19. The van der Waals surface area contributed by atoms with Crippen molar-refractivity contribution in [1.29, 1.82) is 0 Å². The van der Waals surface area contributed by atoms with Crippen LogP contribution in [-0.4, -0.2) is 36.7 Å². The van der Waals surface area contributed by atoms with E-state index in [2.05, 4.69) is 5.16 Å². The van der Waals surface area contributed by atoms with Crippen molar-refractivity contribution >= 4 is 5.91 Å². The lowest BCUT2D eigenvalue weighted by Crippen LogP contribution is -2.32. The number of carbonyl (C=O) groups excluding carboxylic acids is 1. The highest BCUT2D eigenvalue weighted by atomic mass is 16.5. The van der Waals surface area contributed by atoms with Crippen molar-refractivity contribution in [3.63, 3.8) is 0 Å². The molecule has 0 bridgehead atoms. The summed E-state index contributed by atoms with van der Waals surface area (Å²) in [5.41, 5.74) is 2.65. The molecule has 134 valence electrons. The second kappa shape index (κ2) is 7.17. The van der Waals surface area contributed by atoms with Crippen LogP contribution in [0, 0.1) is 13.8 Å². The molecule has 25 heavy (non-hydrogen) atoms. The third-order valence-electron chi connectivity index (χ3n) is 4.88. The van der Waals surface area contributed by atoms with Crippen LogP contribution in [0.1, 0.15) is 41.5 Å². The second-order valence-corrected chi connectivity index (χ2v) is 6.33. The van der Waals surface area contributed by atoms with Crippen molar-refractivity contribution in [1.82, 2.24) is 10.1 Å². The van der Waals surface area contributed by atoms with Gasteiger partial charge in [-0.05, 0) is 44.9 Å². The van der Waals surface area contributed by atoms with Gasteiger partial charge in [-0.25, -0.2) is 0 Å². The molecule has 0 aliphatic carbocycles. The van der Waals surface area contributed by atoms with Gasteiger partial charge in [0.1, 0.15) is 17.3 Å². The second-order valence-electron chi connectivity index (χ2n) is 6.33. The average molecular weight is 344 g/mol. The summed E-state index contributed by atoms with van der Waals surface area (Å²) >= 11 is 0. The topological polar surface area (TPSA) is 64.8 Å². The predicted octanol–water partition coefficient (Wildman–Crippen LogP) is 3.21. The molecule has 3 rings (SSSR count). The Balaban J connectivity index is 1.86. The molecule has 6 heteroatoms. The van der Waals surface area contributed by atoms with Crippen molar-refractivity contribution in [2.24, 2.45) is 0 Å². The lowest BCUT2D eigenvalue weighted by atomic mass is 10.0. The number of carbonyl (C=O) groups is 1. The monoisotopic (exact) mass is 344 g/mol. The summed E-state index contributed by atoms with van der Waals surface area (Å²) in [6.45, 7) is 4.45. The van der Waals surface area contributed by atoms with E-state index >= 15 is 0 Å². The molecule has 1 fully saturated rings. The number of nitrogens with zero attached hydrogens (tertiary/aromatic N) is 2. The molecule has 0 radical (unpaired) electrons. The van der Waals surface area contributed by atoms with Gasteiger partial charge in [0.2, 0.25) is 5.91 Å². The SMILES string of the molecule is COc1ccc(OC)c([C@H]2CCCN2C(=O)Cc2c(C)noc2C)c1. The first-order valence-electron chi connectivity index (χ1n) is 8.48. The molecule has 0 spiro atoms. The van der Waals surface area contributed by atoms with Crippen LogP contribution in [0.3, 0.4) is 0 Å². The van der Waals surface area contributed by atoms with E-state index in [1.807, 2.05) is 36.9 Å². The van der Waals surface area contributed by atoms with Gasteiger partial charge in [-0.15, -0.1) is 0 Å². The number of rotatable bonds is 5. The predicted molar refractivity (Wildman–Crippen MR) is 92.9 cm³/mol. The van der Waals surface area contributed by atoms with Crippen molar-refractivity contribution in [2.45, 2.75) is 39.2 Å². The molecule has 1 atom stereocenters. The van der Waals surface area contributed by atoms with Crippen LogP contribution in [0.5, 0.6) is 11.5 Å². The fourth-order valence-electron chi connectivity index (χ4n) is 3.50. The molecule has 6 nitrogen and oxygen atoms in total. The fraction of sp³-hybridized carbons (Fsp3) is 0.474. The van der Waals surface area contributed by atoms with Crippen LogP contribution in [0.2, 0.25) is 0 Å². The van der Waals surface area contributed by atoms with E-state index in [1.54, 1.807) is 14.2 Å². The molecule has 0 saturated carbocycles. The van der Waals surface area contributed by atoms with Crippen LogP contribution in [0.25, 0.3) is 0 Å². The Morgan fingerprint density at radius 3 is 2.76 bits per heavy atom. The first kappa shape index (κ1) is 17.3. The van der Waals surface area contributed by atoms with Gasteiger partial charge in [0.15, 0.2) is 0 Å². The molecule has 1 aromatic carbocycles. The first-order chi connectivity index (χ1) is 12.0. The van der Waals surface area contributed by atoms with E-state index < -0.39 is 0 Å². The Hall–Kier alpha value is -2.50. The van der Waals surface area contributed by atoms with Crippen molar-refractivity contribution in [3.05, 3.63) is 40.8 Å². The normalized spacial score (nSPS) is 17.0. The van der Waals surface area contributed by atoms with E-state index in [0.29, 0.717) is 12.2 Å². The van der Waals surface area contributed by atoms with Gasteiger partial charge in [0, 0.05) is 17.7 Å². The molecule has 2 heterocycles.